The molecule has 1 aliphatic carbocycles. The molecule has 0 radical (unpaired) electrons. The first-order valence-electron chi connectivity index (χ1n) is 6.91. The van der Waals surface area contributed by atoms with E-state index in [0.29, 0.717) is 23.8 Å². The molecule has 19 heavy (non-hydrogen) atoms. The Bertz CT molecular complexity index is 532. The molecule has 1 saturated heterocycles. The lowest BCUT2D eigenvalue weighted by atomic mass is 9.76. The van der Waals surface area contributed by atoms with Crippen molar-refractivity contribution in [3.8, 4) is 0 Å². The van der Waals surface area contributed by atoms with Crippen LogP contribution in [0.3, 0.4) is 0 Å². The van der Waals surface area contributed by atoms with Crippen molar-refractivity contribution in [3.05, 3.63) is 11.3 Å². The van der Waals surface area contributed by atoms with Gasteiger partial charge in [0.1, 0.15) is 5.82 Å². The van der Waals surface area contributed by atoms with Gasteiger partial charge in [0.15, 0.2) is 5.78 Å². The van der Waals surface area contributed by atoms with Gasteiger partial charge in [0.25, 0.3) is 0 Å². The molecule has 0 spiro atoms. The number of rotatable bonds is 1. The molecule has 1 aliphatic heterocycles. The quantitative estimate of drug-likeness (QED) is 0.833. The summed E-state index contributed by atoms with van der Waals surface area (Å²) in [7, 11) is 0. The van der Waals surface area contributed by atoms with Crippen LogP contribution in [-0.2, 0) is 6.42 Å². The van der Waals surface area contributed by atoms with E-state index in [1.165, 1.54) is 12.8 Å². The van der Waals surface area contributed by atoms with Crippen LogP contribution in [0.2, 0.25) is 0 Å². The molecule has 1 fully saturated rings. The Kier molecular flexibility index (Phi) is 2.73. The monoisotopic (exact) mass is 260 g/mol. The zero-order chi connectivity index (χ0) is 13.6. The number of carbonyl (C=O) groups excluding carboxylic acids is 1. The summed E-state index contributed by atoms with van der Waals surface area (Å²) in [5.74, 6) is 1.13. The zero-order valence-corrected chi connectivity index (χ0v) is 11.6. The van der Waals surface area contributed by atoms with Gasteiger partial charge in [0.2, 0.25) is 5.95 Å². The summed E-state index contributed by atoms with van der Waals surface area (Å²) in [5.41, 5.74) is 7.34. The van der Waals surface area contributed by atoms with Crippen LogP contribution in [0.25, 0.3) is 0 Å². The second-order valence-corrected chi connectivity index (χ2v) is 6.37. The van der Waals surface area contributed by atoms with Crippen LogP contribution in [0.1, 0.15) is 49.2 Å². The van der Waals surface area contributed by atoms with Gasteiger partial charge in [0, 0.05) is 19.5 Å². The van der Waals surface area contributed by atoms with Gasteiger partial charge in [-0.3, -0.25) is 4.79 Å². The molecule has 2 N–H and O–H groups in total. The lowest BCUT2D eigenvalue weighted by molar-refractivity contribution is 0.0911. The van der Waals surface area contributed by atoms with Gasteiger partial charge in [-0.05, 0) is 24.7 Å². The number of ketones is 1. The molecular weight excluding hydrogens is 240 g/mol. The molecule has 0 amide bonds. The molecule has 1 aromatic heterocycles. The number of nitrogens with zero attached hydrogens (tertiary/aromatic N) is 3. The Balaban J connectivity index is 2.05. The van der Waals surface area contributed by atoms with Crippen LogP contribution in [0.15, 0.2) is 0 Å². The summed E-state index contributed by atoms with van der Waals surface area (Å²) in [6, 6.07) is 0. The van der Waals surface area contributed by atoms with E-state index in [0.717, 1.165) is 25.2 Å². The maximum atomic E-state index is 12.2. The number of hydrogen-bond donors (Lipinski definition) is 1. The van der Waals surface area contributed by atoms with Gasteiger partial charge >= 0.3 is 0 Å². The topological polar surface area (TPSA) is 72.1 Å². The summed E-state index contributed by atoms with van der Waals surface area (Å²) < 4.78 is 0. The summed E-state index contributed by atoms with van der Waals surface area (Å²) in [6.45, 7) is 6.16. The molecule has 2 heterocycles. The van der Waals surface area contributed by atoms with Crippen LogP contribution >= 0.6 is 0 Å². The highest BCUT2D eigenvalue weighted by atomic mass is 16.1. The lowest BCUT2D eigenvalue weighted by Crippen LogP contribution is -2.31. The number of carbonyl (C=O) groups is 1. The van der Waals surface area contributed by atoms with E-state index in [9.17, 15) is 4.79 Å². The second-order valence-electron chi connectivity index (χ2n) is 6.37. The minimum Gasteiger partial charge on any atom is -0.383 e. The fourth-order valence-corrected chi connectivity index (χ4v) is 3.04. The minimum absolute atomic E-state index is 0.0346. The third kappa shape index (κ3) is 2.17. The number of aromatic nitrogens is 2. The first kappa shape index (κ1) is 12.4. The molecule has 2 aliphatic rings. The molecule has 102 valence electrons. The largest absolute Gasteiger partial charge is 0.383 e. The summed E-state index contributed by atoms with van der Waals surface area (Å²) in [4.78, 5) is 23.3. The van der Waals surface area contributed by atoms with Crippen LogP contribution < -0.4 is 10.6 Å². The van der Waals surface area contributed by atoms with E-state index in [4.69, 9.17) is 5.73 Å². The van der Waals surface area contributed by atoms with E-state index in [1.54, 1.807) is 0 Å². The van der Waals surface area contributed by atoms with Gasteiger partial charge in [-0.1, -0.05) is 13.8 Å². The molecule has 0 saturated carbocycles. The van der Waals surface area contributed by atoms with E-state index in [-0.39, 0.29) is 11.2 Å². The maximum Gasteiger partial charge on any atom is 0.227 e. The Morgan fingerprint density at radius 3 is 2.53 bits per heavy atom. The van der Waals surface area contributed by atoms with Gasteiger partial charge in [0.05, 0.1) is 11.3 Å². The number of fused-ring (bicyclic) bond motifs is 1. The van der Waals surface area contributed by atoms with Crippen molar-refractivity contribution in [1.82, 2.24) is 9.97 Å². The highest BCUT2D eigenvalue weighted by Crippen LogP contribution is 2.36. The van der Waals surface area contributed by atoms with Crippen molar-refractivity contribution in [3.63, 3.8) is 0 Å². The minimum atomic E-state index is -0.0346. The van der Waals surface area contributed by atoms with Crippen molar-refractivity contribution in [2.24, 2.45) is 5.41 Å². The normalized spacial score (nSPS) is 21.6. The fraction of sp³-hybridized carbons (Fsp3) is 0.643. The van der Waals surface area contributed by atoms with E-state index >= 15 is 0 Å². The van der Waals surface area contributed by atoms with E-state index < -0.39 is 0 Å². The number of Topliss-reactive ketones (excluding diaryl/α,β-unsaturated/α-hetero) is 1. The molecule has 0 atom stereocenters. The number of nitrogens with two attached hydrogens (primary N) is 1. The van der Waals surface area contributed by atoms with Gasteiger partial charge in [-0.25, -0.2) is 4.98 Å². The van der Waals surface area contributed by atoms with Crippen LogP contribution in [-0.4, -0.2) is 28.8 Å². The maximum absolute atomic E-state index is 12.2. The number of nitrogen functional groups attached to an aromatic ring is 1. The highest BCUT2D eigenvalue weighted by Gasteiger charge is 2.34. The SMILES string of the molecule is CC1(C)CC(=O)c2c(N)nc(N3CCCC3)nc2C1. The third-order valence-electron chi connectivity index (χ3n) is 3.95. The fourth-order valence-electron chi connectivity index (χ4n) is 3.04. The number of hydrogen-bond acceptors (Lipinski definition) is 5. The Hall–Kier alpha value is -1.65. The molecule has 1 aromatic rings. The van der Waals surface area contributed by atoms with Crippen molar-refractivity contribution >= 4 is 17.5 Å². The number of anilines is 2. The first-order valence-corrected chi connectivity index (χ1v) is 6.91. The molecule has 0 aromatic carbocycles. The second kappa shape index (κ2) is 4.18. The van der Waals surface area contributed by atoms with E-state index in [2.05, 4.69) is 28.7 Å². The van der Waals surface area contributed by atoms with Gasteiger partial charge < -0.3 is 10.6 Å². The predicted octanol–water partition coefficient (Wildman–Crippen LogP) is 1.81. The first-order chi connectivity index (χ1) is 8.96. The average Bonchev–Trinajstić information content (AvgIpc) is 2.78. The van der Waals surface area contributed by atoms with Gasteiger partial charge in [-0.15, -0.1) is 0 Å². The summed E-state index contributed by atoms with van der Waals surface area (Å²) >= 11 is 0. The Labute approximate surface area is 113 Å². The molecular formula is C14H20N4O. The zero-order valence-electron chi connectivity index (χ0n) is 11.6. The van der Waals surface area contributed by atoms with E-state index in [1.807, 2.05) is 0 Å². The van der Waals surface area contributed by atoms with Crippen molar-refractivity contribution in [2.75, 3.05) is 23.7 Å². The molecule has 5 heteroatoms. The molecule has 0 unspecified atom stereocenters. The standard InChI is InChI=1S/C14H20N4O/c1-14(2)7-9-11(10(19)8-14)12(15)17-13(16-9)18-5-3-4-6-18/h3-8H2,1-2H3,(H2,15,16,17). The average molecular weight is 260 g/mol. The van der Waals surface area contributed by atoms with Crippen LogP contribution in [0, 0.1) is 5.41 Å². The Morgan fingerprint density at radius 2 is 1.84 bits per heavy atom. The van der Waals surface area contributed by atoms with Gasteiger partial charge in [-0.2, -0.15) is 4.98 Å². The Morgan fingerprint density at radius 1 is 1.16 bits per heavy atom. The van der Waals surface area contributed by atoms with Crippen LogP contribution in [0.4, 0.5) is 11.8 Å². The summed E-state index contributed by atoms with van der Waals surface area (Å²) in [5, 5.41) is 0. The lowest BCUT2D eigenvalue weighted by Gasteiger charge is -2.30. The molecule has 0 bridgehead atoms. The highest BCUT2D eigenvalue weighted by molar-refractivity contribution is 6.02. The smallest absolute Gasteiger partial charge is 0.227 e. The molecule has 5 nitrogen and oxygen atoms in total. The summed E-state index contributed by atoms with van der Waals surface area (Å²) in [6.07, 6.45) is 3.66. The van der Waals surface area contributed by atoms with Crippen molar-refractivity contribution in [2.45, 2.75) is 39.5 Å². The molecule has 3 rings (SSSR count). The van der Waals surface area contributed by atoms with Crippen molar-refractivity contribution in [1.29, 1.82) is 0 Å². The third-order valence-corrected chi connectivity index (χ3v) is 3.95. The van der Waals surface area contributed by atoms with Crippen LogP contribution in [0.5, 0.6) is 0 Å². The predicted molar refractivity (Wildman–Crippen MR) is 74.3 cm³/mol. The van der Waals surface area contributed by atoms with Crippen molar-refractivity contribution < 1.29 is 4.79 Å².